The van der Waals surface area contributed by atoms with Crippen molar-refractivity contribution in [1.29, 1.82) is 0 Å². The molecule has 1 aromatic heterocycles. The Morgan fingerprint density at radius 1 is 1.12 bits per heavy atom. The van der Waals surface area contributed by atoms with Crippen molar-refractivity contribution >= 4 is 29.6 Å². The van der Waals surface area contributed by atoms with Gasteiger partial charge in [-0.25, -0.2) is 9.40 Å². The van der Waals surface area contributed by atoms with Crippen LogP contribution in [0.15, 0.2) is 45.9 Å². The maximum Gasteiger partial charge on any atom is 0.433 e. The molecule has 1 fully saturated rings. The van der Waals surface area contributed by atoms with Gasteiger partial charge < -0.3 is 9.32 Å². The van der Waals surface area contributed by atoms with Gasteiger partial charge in [0.05, 0.1) is 12.3 Å². The molecule has 2 aromatic rings. The van der Waals surface area contributed by atoms with E-state index in [1.807, 2.05) is 0 Å². The molecule has 2 heterocycles. The first-order valence-corrected chi connectivity index (χ1v) is 7.08. The van der Waals surface area contributed by atoms with E-state index < -0.39 is 28.4 Å². The van der Waals surface area contributed by atoms with Crippen molar-refractivity contribution in [2.75, 3.05) is 18.0 Å². The monoisotopic (exact) mass is 346 g/mol. The van der Waals surface area contributed by atoms with Crippen LogP contribution in [0.2, 0.25) is 0 Å². The van der Waals surface area contributed by atoms with Crippen LogP contribution in [0.4, 0.5) is 16.0 Å². The number of piperazine rings is 1. The third-order valence-corrected chi connectivity index (χ3v) is 3.42. The predicted molar refractivity (Wildman–Crippen MR) is 83.4 cm³/mol. The maximum absolute atomic E-state index is 13.0. The highest BCUT2D eigenvalue weighted by Crippen LogP contribution is 2.19. The second-order valence-electron chi connectivity index (χ2n) is 5.09. The minimum Gasteiger partial charge on any atom is -0.400 e. The largest absolute Gasteiger partial charge is 0.433 e. The number of benzene rings is 1. The number of hydrazone groups is 1. The fraction of sp³-hybridized carbons (Fsp3) is 0.133. The lowest BCUT2D eigenvalue weighted by atomic mass is 10.2. The Balaban J connectivity index is 1.70. The fourth-order valence-electron chi connectivity index (χ4n) is 2.20. The van der Waals surface area contributed by atoms with Crippen molar-refractivity contribution in [2.45, 2.75) is 0 Å². The zero-order valence-electron chi connectivity index (χ0n) is 12.7. The molecule has 25 heavy (non-hydrogen) atoms. The number of furan rings is 1. The second-order valence-corrected chi connectivity index (χ2v) is 5.09. The number of amides is 2. The Morgan fingerprint density at radius 3 is 2.48 bits per heavy atom. The summed E-state index contributed by atoms with van der Waals surface area (Å²) in [6, 6.07) is 7.68. The standard InChI is InChI=1S/C15H11FN4O5/c16-10-1-3-11(4-2-10)18-8-14(22)19(9-13(18)21)17-7-12-5-6-15(25-12)20(23)24/h1-7H,8-9H2/b17-7+. The van der Waals surface area contributed by atoms with Crippen LogP contribution in [-0.4, -0.2) is 41.1 Å². The lowest BCUT2D eigenvalue weighted by molar-refractivity contribution is -0.402. The summed E-state index contributed by atoms with van der Waals surface area (Å²) in [5, 5.41) is 15.3. The highest BCUT2D eigenvalue weighted by molar-refractivity contribution is 6.04. The van der Waals surface area contributed by atoms with Crippen LogP contribution in [0.3, 0.4) is 0 Å². The number of rotatable bonds is 4. The molecule has 0 atom stereocenters. The number of nitro groups is 1. The van der Waals surface area contributed by atoms with Gasteiger partial charge in [0.15, 0.2) is 5.76 Å². The zero-order chi connectivity index (χ0) is 18.0. The summed E-state index contributed by atoms with van der Waals surface area (Å²) in [7, 11) is 0. The third-order valence-electron chi connectivity index (χ3n) is 3.42. The molecule has 0 spiro atoms. The number of carbonyl (C=O) groups excluding carboxylic acids is 2. The van der Waals surface area contributed by atoms with E-state index in [2.05, 4.69) is 5.10 Å². The third kappa shape index (κ3) is 3.52. The maximum atomic E-state index is 13.0. The van der Waals surface area contributed by atoms with Gasteiger partial charge in [-0.1, -0.05) is 0 Å². The van der Waals surface area contributed by atoms with E-state index in [0.29, 0.717) is 5.69 Å². The number of nitrogens with zero attached hydrogens (tertiary/aromatic N) is 4. The lowest BCUT2D eigenvalue weighted by Crippen LogP contribution is -2.52. The molecule has 128 valence electrons. The van der Waals surface area contributed by atoms with Crippen LogP contribution in [0.25, 0.3) is 0 Å². The Hall–Kier alpha value is -3.56. The number of hydrogen-bond acceptors (Lipinski definition) is 6. The van der Waals surface area contributed by atoms with Crippen molar-refractivity contribution < 1.29 is 23.3 Å². The summed E-state index contributed by atoms with van der Waals surface area (Å²) in [5.41, 5.74) is 0.407. The van der Waals surface area contributed by atoms with Gasteiger partial charge >= 0.3 is 5.88 Å². The van der Waals surface area contributed by atoms with Gasteiger partial charge in [0, 0.05) is 5.69 Å². The van der Waals surface area contributed by atoms with Crippen molar-refractivity contribution in [3.8, 4) is 0 Å². The fourth-order valence-corrected chi connectivity index (χ4v) is 2.20. The van der Waals surface area contributed by atoms with Gasteiger partial charge in [-0.15, -0.1) is 0 Å². The van der Waals surface area contributed by atoms with Gasteiger partial charge in [0.2, 0.25) is 5.91 Å². The molecule has 0 aliphatic carbocycles. The second kappa shape index (κ2) is 6.51. The molecule has 10 heteroatoms. The van der Waals surface area contributed by atoms with E-state index in [1.165, 1.54) is 35.2 Å². The summed E-state index contributed by atoms with van der Waals surface area (Å²) < 4.78 is 17.8. The van der Waals surface area contributed by atoms with Crippen LogP contribution >= 0.6 is 0 Å². The van der Waals surface area contributed by atoms with E-state index in [0.717, 1.165) is 17.3 Å². The van der Waals surface area contributed by atoms with Gasteiger partial charge in [-0.2, -0.15) is 5.10 Å². The minimum atomic E-state index is -0.701. The first-order valence-electron chi connectivity index (χ1n) is 7.08. The van der Waals surface area contributed by atoms with Crippen LogP contribution in [-0.2, 0) is 9.59 Å². The average molecular weight is 346 g/mol. The summed E-state index contributed by atoms with van der Waals surface area (Å²) in [6.07, 6.45) is 1.12. The first-order chi connectivity index (χ1) is 11.9. The minimum absolute atomic E-state index is 0.0768. The van der Waals surface area contributed by atoms with E-state index in [9.17, 15) is 24.1 Å². The molecule has 1 aliphatic heterocycles. The molecule has 9 nitrogen and oxygen atoms in total. The van der Waals surface area contributed by atoms with Crippen molar-refractivity contribution in [2.24, 2.45) is 5.10 Å². The number of anilines is 1. The zero-order valence-corrected chi connectivity index (χ0v) is 12.7. The van der Waals surface area contributed by atoms with Crippen molar-refractivity contribution in [3.05, 3.63) is 58.1 Å². The Bertz CT molecular complexity index is 861. The van der Waals surface area contributed by atoms with E-state index in [4.69, 9.17) is 4.42 Å². The Kier molecular flexibility index (Phi) is 4.25. The molecule has 0 bridgehead atoms. The molecule has 3 rings (SSSR count). The number of carbonyl (C=O) groups is 2. The average Bonchev–Trinajstić information content (AvgIpc) is 3.05. The van der Waals surface area contributed by atoms with Gasteiger partial charge in [-0.3, -0.25) is 19.7 Å². The number of halogens is 1. The first kappa shape index (κ1) is 16.3. The Morgan fingerprint density at radius 2 is 1.84 bits per heavy atom. The van der Waals surface area contributed by atoms with E-state index in [-0.39, 0.29) is 18.8 Å². The molecular formula is C15H11FN4O5. The van der Waals surface area contributed by atoms with Crippen molar-refractivity contribution in [3.63, 3.8) is 0 Å². The SMILES string of the molecule is O=C1CN(c2ccc(F)cc2)C(=O)CN1/N=C/c1ccc([N+](=O)[O-])o1. The van der Waals surface area contributed by atoms with Crippen LogP contribution in [0.1, 0.15) is 5.76 Å². The van der Waals surface area contributed by atoms with Crippen LogP contribution in [0, 0.1) is 15.9 Å². The van der Waals surface area contributed by atoms with Crippen LogP contribution < -0.4 is 4.90 Å². The molecule has 2 amide bonds. The molecule has 1 saturated heterocycles. The van der Waals surface area contributed by atoms with E-state index in [1.54, 1.807) is 0 Å². The van der Waals surface area contributed by atoms with Gasteiger partial charge in [-0.05, 0) is 30.3 Å². The summed E-state index contributed by atoms with van der Waals surface area (Å²) in [6.45, 7) is -0.560. The molecule has 0 saturated carbocycles. The molecule has 0 N–H and O–H groups in total. The summed E-state index contributed by atoms with van der Waals surface area (Å²) >= 11 is 0. The normalized spacial score (nSPS) is 15.2. The van der Waals surface area contributed by atoms with Crippen LogP contribution in [0.5, 0.6) is 0 Å². The molecule has 0 unspecified atom stereocenters. The Labute approximate surface area is 140 Å². The predicted octanol–water partition coefficient (Wildman–Crippen LogP) is 1.54. The molecular weight excluding hydrogens is 335 g/mol. The molecule has 1 aliphatic rings. The van der Waals surface area contributed by atoms with Gasteiger partial charge in [0.1, 0.15) is 23.8 Å². The van der Waals surface area contributed by atoms with E-state index >= 15 is 0 Å². The topological polar surface area (TPSA) is 109 Å². The summed E-state index contributed by atoms with van der Waals surface area (Å²) in [4.78, 5) is 35.4. The summed E-state index contributed by atoms with van der Waals surface area (Å²) in [5.74, 6) is -1.67. The molecule has 1 aromatic carbocycles. The molecule has 0 radical (unpaired) electrons. The smallest absolute Gasteiger partial charge is 0.400 e. The number of hydrogen-bond donors (Lipinski definition) is 0. The lowest BCUT2D eigenvalue weighted by Gasteiger charge is -2.31. The highest BCUT2D eigenvalue weighted by atomic mass is 19.1. The van der Waals surface area contributed by atoms with Gasteiger partial charge in [0.25, 0.3) is 5.91 Å². The highest BCUT2D eigenvalue weighted by Gasteiger charge is 2.30. The van der Waals surface area contributed by atoms with Crippen molar-refractivity contribution in [1.82, 2.24) is 5.01 Å². The quantitative estimate of drug-likeness (QED) is 0.474.